The highest BCUT2D eigenvalue weighted by Gasteiger charge is 2.39. The number of ether oxygens (including phenoxy) is 1. The number of benzene rings is 5. The third kappa shape index (κ3) is 5.66. The van der Waals surface area contributed by atoms with E-state index in [1.54, 1.807) is 0 Å². The van der Waals surface area contributed by atoms with E-state index in [-0.39, 0.29) is 17.9 Å². The lowest BCUT2D eigenvalue weighted by molar-refractivity contribution is 0.422. The molecule has 0 N–H and O–H groups in total. The molecule has 3 heterocycles. The van der Waals surface area contributed by atoms with Crippen molar-refractivity contribution in [3.05, 3.63) is 215 Å². The number of allylic oxidation sites excluding steroid dienone is 6. The molecule has 0 fully saturated rings. The molecule has 6 aromatic rings. The average molecular weight is 695 g/mol. The minimum Gasteiger partial charge on any atom is -0.456 e. The Morgan fingerprint density at radius 2 is 1.43 bits per heavy atom. The second kappa shape index (κ2) is 13.4. The maximum atomic E-state index is 6.39. The summed E-state index contributed by atoms with van der Waals surface area (Å²) in [7, 11) is 0. The van der Waals surface area contributed by atoms with Crippen LogP contribution in [0.25, 0.3) is 45.8 Å². The van der Waals surface area contributed by atoms with Crippen LogP contribution >= 0.6 is 0 Å². The molecule has 258 valence electrons. The van der Waals surface area contributed by atoms with Crippen molar-refractivity contribution in [3.8, 4) is 39.4 Å². The van der Waals surface area contributed by atoms with Crippen molar-refractivity contribution in [2.24, 2.45) is 5.92 Å². The van der Waals surface area contributed by atoms with Gasteiger partial charge in [0.2, 0.25) is 0 Å². The Hall–Kier alpha value is -6.71. The summed E-state index contributed by atoms with van der Waals surface area (Å²) in [6.07, 6.45) is 19.0. The zero-order valence-electron chi connectivity index (χ0n) is 29.8. The smallest absolute Gasteiger partial charge is 0.135 e. The van der Waals surface area contributed by atoms with Crippen LogP contribution in [0.4, 0.5) is 11.4 Å². The van der Waals surface area contributed by atoms with Gasteiger partial charge < -0.3 is 9.64 Å². The lowest BCUT2D eigenvalue weighted by Crippen LogP contribution is -2.31. The van der Waals surface area contributed by atoms with Crippen LogP contribution in [-0.2, 0) is 0 Å². The van der Waals surface area contributed by atoms with Gasteiger partial charge in [-0.1, -0.05) is 146 Å². The SMILES string of the molecule is C=C/C=c1/cccc2c1=CC1=CC(C3=CC4c5ccccc5N(c5ccc(-c6cc(-c7ccccc7)nc(-c7ccccc7)c6)cc5)C4C=C3)CC=C1O2. The fourth-order valence-corrected chi connectivity index (χ4v) is 8.47. The van der Waals surface area contributed by atoms with Crippen LogP contribution in [0.1, 0.15) is 17.9 Å². The van der Waals surface area contributed by atoms with Crippen LogP contribution in [0.5, 0.6) is 5.75 Å². The van der Waals surface area contributed by atoms with Crippen molar-refractivity contribution in [2.75, 3.05) is 4.90 Å². The number of hydrogen-bond acceptors (Lipinski definition) is 3. The van der Waals surface area contributed by atoms with Gasteiger partial charge >= 0.3 is 0 Å². The molecule has 0 radical (unpaired) electrons. The molecular formula is C51H38N2O. The average Bonchev–Trinajstić information content (AvgIpc) is 3.57. The molecule has 0 saturated carbocycles. The lowest BCUT2D eigenvalue weighted by Gasteiger charge is -2.31. The van der Waals surface area contributed by atoms with E-state index in [2.05, 4.69) is 163 Å². The third-order valence-corrected chi connectivity index (χ3v) is 11.1. The van der Waals surface area contributed by atoms with Crippen LogP contribution in [0.3, 0.4) is 0 Å². The quantitative estimate of drug-likeness (QED) is 0.174. The van der Waals surface area contributed by atoms with Crippen molar-refractivity contribution in [1.29, 1.82) is 0 Å². The molecular weight excluding hydrogens is 657 g/mol. The maximum Gasteiger partial charge on any atom is 0.135 e. The summed E-state index contributed by atoms with van der Waals surface area (Å²) in [5, 5.41) is 2.23. The van der Waals surface area contributed by atoms with Crippen LogP contribution in [0.2, 0.25) is 0 Å². The number of para-hydroxylation sites is 1. The number of fused-ring (bicyclic) bond motifs is 5. The number of rotatable bonds is 6. The second-order valence-corrected chi connectivity index (χ2v) is 14.3. The number of nitrogens with zero attached hydrogens (tertiary/aromatic N) is 2. The number of pyridine rings is 1. The fraction of sp³-hybridized carbons (Fsp3) is 0.0784. The predicted octanol–water partition coefficient (Wildman–Crippen LogP) is 10.9. The molecule has 54 heavy (non-hydrogen) atoms. The third-order valence-electron chi connectivity index (χ3n) is 11.1. The van der Waals surface area contributed by atoms with Crippen molar-refractivity contribution < 1.29 is 4.74 Å². The number of hydrogen-bond donors (Lipinski definition) is 0. The molecule has 0 spiro atoms. The Morgan fingerprint density at radius 1 is 0.704 bits per heavy atom. The summed E-state index contributed by atoms with van der Waals surface area (Å²) < 4.78 is 6.39. The summed E-state index contributed by atoms with van der Waals surface area (Å²) >= 11 is 0. The van der Waals surface area contributed by atoms with Gasteiger partial charge in [-0.15, -0.1) is 0 Å². The summed E-state index contributed by atoms with van der Waals surface area (Å²) in [5.74, 6) is 2.39. The van der Waals surface area contributed by atoms with E-state index in [0.29, 0.717) is 0 Å². The molecule has 2 aliphatic carbocycles. The lowest BCUT2D eigenvalue weighted by atomic mass is 9.80. The molecule has 3 nitrogen and oxygen atoms in total. The molecule has 3 heteroatoms. The zero-order valence-corrected chi connectivity index (χ0v) is 29.8. The van der Waals surface area contributed by atoms with Gasteiger partial charge in [0.05, 0.1) is 17.4 Å². The first kappa shape index (κ1) is 32.0. The first-order chi connectivity index (χ1) is 26.7. The minimum absolute atomic E-state index is 0.197. The first-order valence-electron chi connectivity index (χ1n) is 18.8. The van der Waals surface area contributed by atoms with E-state index in [1.165, 1.54) is 28.1 Å². The van der Waals surface area contributed by atoms with Crippen molar-refractivity contribution >= 4 is 23.5 Å². The Bertz CT molecular complexity index is 2630. The molecule has 3 atom stereocenters. The highest BCUT2D eigenvalue weighted by atomic mass is 16.5. The van der Waals surface area contributed by atoms with Crippen LogP contribution in [-0.4, -0.2) is 11.0 Å². The fourth-order valence-electron chi connectivity index (χ4n) is 8.47. The van der Waals surface area contributed by atoms with Crippen LogP contribution < -0.4 is 20.1 Å². The zero-order chi connectivity index (χ0) is 36.0. The van der Waals surface area contributed by atoms with E-state index in [4.69, 9.17) is 9.72 Å². The van der Waals surface area contributed by atoms with Crippen LogP contribution in [0.15, 0.2) is 199 Å². The molecule has 0 amide bonds. The molecule has 0 bridgehead atoms. The second-order valence-electron chi connectivity index (χ2n) is 14.3. The summed E-state index contributed by atoms with van der Waals surface area (Å²) in [5.41, 5.74) is 12.8. The monoisotopic (exact) mass is 694 g/mol. The Morgan fingerprint density at radius 3 is 2.17 bits per heavy atom. The molecule has 10 rings (SSSR count). The van der Waals surface area contributed by atoms with Gasteiger partial charge in [-0.2, -0.15) is 0 Å². The van der Waals surface area contributed by atoms with E-state index in [9.17, 15) is 0 Å². The van der Waals surface area contributed by atoms with Crippen molar-refractivity contribution in [1.82, 2.24) is 4.98 Å². The maximum absolute atomic E-state index is 6.39. The summed E-state index contributed by atoms with van der Waals surface area (Å²) in [6, 6.07) is 49.7. The first-order valence-corrected chi connectivity index (χ1v) is 18.8. The van der Waals surface area contributed by atoms with Gasteiger partial charge in [-0.05, 0) is 82.5 Å². The van der Waals surface area contributed by atoms with Gasteiger partial charge in [-0.3, -0.25) is 0 Å². The summed E-state index contributed by atoms with van der Waals surface area (Å²) in [6.45, 7) is 3.91. The Kier molecular flexibility index (Phi) is 7.91. The predicted molar refractivity (Wildman–Crippen MR) is 223 cm³/mol. The van der Waals surface area contributed by atoms with Crippen LogP contribution in [0, 0.1) is 5.92 Å². The number of anilines is 2. The van der Waals surface area contributed by atoms with Gasteiger partial charge in [0.1, 0.15) is 11.5 Å². The van der Waals surface area contributed by atoms with E-state index < -0.39 is 0 Å². The van der Waals surface area contributed by atoms with E-state index in [0.717, 1.165) is 62.0 Å². The number of aromatic nitrogens is 1. The molecule has 1 aromatic heterocycles. The largest absolute Gasteiger partial charge is 0.456 e. The van der Waals surface area contributed by atoms with E-state index >= 15 is 0 Å². The highest BCUT2D eigenvalue weighted by molar-refractivity contribution is 5.80. The van der Waals surface area contributed by atoms with Gasteiger partial charge in [-0.25, -0.2) is 4.98 Å². The van der Waals surface area contributed by atoms with Crippen molar-refractivity contribution in [3.63, 3.8) is 0 Å². The molecule has 4 aliphatic rings. The highest BCUT2D eigenvalue weighted by Crippen LogP contribution is 2.49. The van der Waals surface area contributed by atoms with Gasteiger partial charge in [0, 0.05) is 45.1 Å². The normalized spacial score (nSPS) is 19.6. The molecule has 0 saturated heterocycles. The Balaban J connectivity index is 0.969. The molecule has 2 aliphatic heterocycles. The van der Waals surface area contributed by atoms with Gasteiger partial charge in [0.15, 0.2) is 0 Å². The summed E-state index contributed by atoms with van der Waals surface area (Å²) in [4.78, 5) is 7.60. The molecule has 3 unspecified atom stereocenters. The Labute approximate surface area is 316 Å². The van der Waals surface area contributed by atoms with E-state index in [1.807, 2.05) is 36.4 Å². The topological polar surface area (TPSA) is 25.4 Å². The minimum atomic E-state index is 0.197. The standard InChI is InChI=1S/C51H38N2O/c1-2-12-35-17-11-20-51-44(35)31-41-29-38(24-28-50(41)54-51)39-23-27-49-45(30-39)43-18-9-10-19-48(43)53(49)42-25-21-34(22-26-42)40-32-46(36-13-5-3-6-14-36)52-47(33-40)37-15-7-4-8-16-37/h2-23,25-33,38,45,49H,1,24H2/b35-12-. The molecule has 5 aromatic carbocycles. The van der Waals surface area contributed by atoms with Gasteiger partial charge in [0.25, 0.3) is 0 Å². The van der Waals surface area contributed by atoms with Crippen molar-refractivity contribution in [2.45, 2.75) is 18.4 Å².